The maximum absolute atomic E-state index is 13.1. The largest absolute Gasteiger partial charge is 0.493 e. The van der Waals surface area contributed by atoms with Gasteiger partial charge in [-0.2, -0.15) is 0 Å². The van der Waals surface area contributed by atoms with Crippen LogP contribution in [0.4, 0.5) is 5.13 Å². The highest BCUT2D eigenvalue weighted by Gasteiger charge is 2.33. The van der Waals surface area contributed by atoms with E-state index in [0.29, 0.717) is 37.4 Å². The number of methoxy groups -OCH3 is 2. The van der Waals surface area contributed by atoms with Gasteiger partial charge in [-0.1, -0.05) is 29.3 Å². The van der Waals surface area contributed by atoms with Crippen molar-refractivity contribution in [2.24, 2.45) is 0 Å². The molecule has 1 saturated heterocycles. The van der Waals surface area contributed by atoms with Crippen molar-refractivity contribution in [1.82, 2.24) is 4.98 Å². The molecule has 0 spiro atoms. The first kappa shape index (κ1) is 23.2. The monoisotopic (exact) mass is 512 g/mol. The Labute approximate surface area is 201 Å². The van der Waals surface area contributed by atoms with Crippen LogP contribution in [0.15, 0.2) is 46.7 Å². The topological polar surface area (TPSA) is 68.7 Å². The van der Waals surface area contributed by atoms with Crippen molar-refractivity contribution in [3.8, 4) is 22.8 Å². The molecule has 170 valence electrons. The second-order valence-corrected chi connectivity index (χ2v) is 11.2. The molecule has 0 bridgehead atoms. The Morgan fingerprint density at radius 3 is 2.47 bits per heavy atom. The molecule has 0 amide bonds. The number of thiazole rings is 1. The molecule has 0 radical (unpaired) electrons. The van der Waals surface area contributed by atoms with Crippen LogP contribution in [-0.4, -0.2) is 46.0 Å². The Morgan fingerprint density at radius 2 is 1.78 bits per heavy atom. The van der Waals surface area contributed by atoms with Crippen molar-refractivity contribution >= 4 is 49.5 Å². The first-order valence-corrected chi connectivity index (χ1v) is 13.1. The molecular weight excluding hydrogens is 491 g/mol. The molecule has 1 fully saturated rings. The number of aromatic nitrogens is 1. The fourth-order valence-corrected chi connectivity index (χ4v) is 7.16. The van der Waals surface area contributed by atoms with Crippen molar-refractivity contribution in [2.75, 3.05) is 32.2 Å². The van der Waals surface area contributed by atoms with Gasteiger partial charge in [0.05, 0.1) is 40.1 Å². The second kappa shape index (κ2) is 9.47. The minimum absolute atomic E-state index is 0.0936. The summed E-state index contributed by atoms with van der Waals surface area (Å²) in [6, 6.07) is 10.4. The van der Waals surface area contributed by atoms with E-state index in [1.807, 2.05) is 23.6 Å². The van der Waals surface area contributed by atoms with Crippen LogP contribution >= 0.6 is 34.5 Å². The van der Waals surface area contributed by atoms with Crippen molar-refractivity contribution in [2.45, 2.75) is 23.0 Å². The normalized spacial score (nSPS) is 15.1. The molecule has 0 unspecified atom stereocenters. The molecule has 1 aliphatic rings. The molecule has 2 aromatic carbocycles. The van der Waals surface area contributed by atoms with Gasteiger partial charge in [0.2, 0.25) is 0 Å². The van der Waals surface area contributed by atoms with Gasteiger partial charge >= 0.3 is 0 Å². The molecule has 1 aliphatic heterocycles. The summed E-state index contributed by atoms with van der Waals surface area (Å²) in [5.41, 5.74) is 1.77. The summed E-state index contributed by atoms with van der Waals surface area (Å²) in [5.74, 6) is 1.31. The number of hydrogen-bond acceptors (Lipinski definition) is 7. The van der Waals surface area contributed by atoms with E-state index in [1.165, 1.54) is 17.4 Å². The summed E-state index contributed by atoms with van der Waals surface area (Å²) in [4.78, 5) is 7.00. The van der Waals surface area contributed by atoms with Crippen molar-refractivity contribution in [3.63, 3.8) is 0 Å². The zero-order valence-electron chi connectivity index (χ0n) is 17.5. The zero-order chi connectivity index (χ0) is 22.9. The summed E-state index contributed by atoms with van der Waals surface area (Å²) in [7, 11) is -0.359. The minimum Gasteiger partial charge on any atom is -0.493 e. The molecule has 4 rings (SSSR count). The quantitative estimate of drug-likeness (QED) is 0.429. The van der Waals surface area contributed by atoms with Gasteiger partial charge in [0.1, 0.15) is 0 Å². The van der Waals surface area contributed by atoms with E-state index in [0.717, 1.165) is 16.4 Å². The summed E-state index contributed by atoms with van der Waals surface area (Å²) < 4.78 is 36.9. The van der Waals surface area contributed by atoms with E-state index >= 15 is 0 Å². The van der Waals surface area contributed by atoms with Gasteiger partial charge in [-0.3, -0.25) is 0 Å². The molecule has 2 heterocycles. The average Bonchev–Trinajstić information content (AvgIpc) is 3.30. The number of rotatable bonds is 6. The van der Waals surface area contributed by atoms with Gasteiger partial charge in [-0.05, 0) is 43.2 Å². The van der Waals surface area contributed by atoms with Gasteiger partial charge in [0.15, 0.2) is 26.5 Å². The average molecular weight is 513 g/mol. The summed E-state index contributed by atoms with van der Waals surface area (Å²) in [6.07, 6.45) is 0.993. The van der Waals surface area contributed by atoms with Crippen LogP contribution in [0.2, 0.25) is 10.0 Å². The Balaban J connectivity index is 1.48. The number of nitrogens with zero attached hydrogens (tertiary/aromatic N) is 2. The predicted octanol–water partition coefficient (Wildman–Crippen LogP) is 5.58. The van der Waals surface area contributed by atoms with Crippen molar-refractivity contribution in [3.05, 3.63) is 51.8 Å². The fraction of sp³-hybridized carbons (Fsp3) is 0.318. The molecule has 6 nitrogen and oxygen atoms in total. The fourth-order valence-electron chi connectivity index (χ4n) is 3.78. The molecular formula is C22H22Cl2N2O4S2. The zero-order valence-corrected chi connectivity index (χ0v) is 20.7. The summed E-state index contributed by atoms with van der Waals surface area (Å²) in [6.45, 7) is 1.20. The number of hydrogen-bond donors (Lipinski definition) is 0. The highest BCUT2D eigenvalue weighted by atomic mass is 35.5. The maximum atomic E-state index is 13.1. The lowest BCUT2D eigenvalue weighted by molar-refractivity contribution is 0.355. The lowest BCUT2D eigenvalue weighted by Gasteiger charge is -2.31. The van der Waals surface area contributed by atoms with Crippen molar-refractivity contribution in [1.29, 1.82) is 0 Å². The highest BCUT2D eigenvalue weighted by Crippen LogP contribution is 2.37. The standard InChI is InChI=1S/C22H22Cl2N2O4S2/c1-29-18-7-6-14(12-19(18)30-2)17-13-31-22(25-17)26-10-8-15(9-11-26)32(27,28)20-5-3-4-16(23)21(20)24/h3-7,12-13,15H,8-11H2,1-2H3. The van der Waals surface area contributed by atoms with Crippen LogP contribution in [-0.2, 0) is 9.84 Å². The molecule has 10 heteroatoms. The van der Waals surface area contributed by atoms with E-state index in [4.69, 9.17) is 37.7 Å². The van der Waals surface area contributed by atoms with Crippen LogP contribution in [0.3, 0.4) is 0 Å². The molecule has 0 aliphatic carbocycles. The number of sulfone groups is 1. The Kier molecular flexibility index (Phi) is 6.86. The Hall–Kier alpha value is -2.00. The lowest BCUT2D eigenvalue weighted by atomic mass is 10.1. The van der Waals surface area contributed by atoms with E-state index in [9.17, 15) is 8.42 Å². The number of ether oxygens (including phenoxy) is 2. The summed E-state index contributed by atoms with van der Waals surface area (Å²) >= 11 is 13.7. The van der Waals surface area contributed by atoms with Gasteiger partial charge in [-0.25, -0.2) is 13.4 Å². The molecule has 32 heavy (non-hydrogen) atoms. The third kappa shape index (κ3) is 4.41. The van der Waals surface area contributed by atoms with E-state index in [1.54, 1.807) is 26.4 Å². The maximum Gasteiger partial charge on any atom is 0.185 e. The van der Waals surface area contributed by atoms with Gasteiger partial charge < -0.3 is 14.4 Å². The predicted molar refractivity (Wildman–Crippen MR) is 130 cm³/mol. The summed E-state index contributed by atoms with van der Waals surface area (Å²) in [5, 5.41) is 2.70. The number of halogens is 2. The van der Waals surface area contributed by atoms with E-state index in [-0.39, 0.29) is 14.9 Å². The molecule has 0 atom stereocenters. The van der Waals surface area contributed by atoms with Crippen LogP contribution in [0, 0.1) is 0 Å². The lowest BCUT2D eigenvalue weighted by Crippen LogP contribution is -2.39. The van der Waals surface area contributed by atoms with Crippen LogP contribution in [0.25, 0.3) is 11.3 Å². The third-order valence-electron chi connectivity index (χ3n) is 5.55. The van der Waals surface area contributed by atoms with Crippen LogP contribution in [0.5, 0.6) is 11.5 Å². The first-order chi connectivity index (χ1) is 15.3. The van der Waals surface area contributed by atoms with E-state index < -0.39 is 15.1 Å². The molecule has 1 aromatic heterocycles. The Morgan fingerprint density at radius 1 is 1.06 bits per heavy atom. The van der Waals surface area contributed by atoms with Crippen LogP contribution < -0.4 is 14.4 Å². The van der Waals surface area contributed by atoms with Crippen molar-refractivity contribution < 1.29 is 17.9 Å². The number of anilines is 1. The number of benzene rings is 2. The minimum atomic E-state index is -3.56. The van der Waals surface area contributed by atoms with Gasteiger partial charge in [0, 0.05) is 24.0 Å². The first-order valence-electron chi connectivity index (χ1n) is 9.96. The van der Waals surface area contributed by atoms with Gasteiger partial charge in [0.25, 0.3) is 0 Å². The SMILES string of the molecule is COc1ccc(-c2csc(N3CCC(S(=O)(=O)c4cccc(Cl)c4Cl)CC3)n2)cc1OC. The Bertz CT molecular complexity index is 1220. The number of piperidine rings is 1. The smallest absolute Gasteiger partial charge is 0.185 e. The van der Waals surface area contributed by atoms with E-state index in [2.05, 4.69) is 4.90 Å². The molecule has 0 saturated carbocycles. The van der Waals surface area contributed by atoms with Gasteiger partial charge in [-0.15, -0.1) is 11.3 Å². The molecule has 3 aromatic rings. The third-order valence-corrected chi connectivity index (χ3v) is 9.68. The second-order valence-electron chi connectivity index (χ2n) is 7.37. The molecule has 0 N–H and O–H groups in total. The highest BCUT2D eigenvalue weighted by molar-refractivity contribution is 7.92. The van der Waals surface area contributed by atoms with Crippen LogP contribution in [0.1, 0.15) is 12.8 Å².